The van der Waals surface area contributed by atoms with Gasteiger partial charge in [-0.2, -0.15) is 0 Å². The number of aromatic nitrogens is 2. The van der Waals surface area contributed by atoms with Gasteiger partial charge in [-0.05, 0) is 24.8 Å². The summed E-state index contributed by atoms with van der Waals surface area (Å²) in [5, 5.41) is 11.7. The maximum atomic E-state index is 10.9. The van der Waals surface area contributed by atoms with Gasteiger partial charge < -0.3 is 4.90 Å². The van der Waals surface area contributed by atoms with Gasteiger partial charge in [-0.1, -0.05) is 6.92 Å². The number of rotatable bonds is 2. The van der Waals surface area contributed by atoms with E-state index in [0.717, 1.165) is 36.2 Å². The topological polar surface area (TPSA) is 72.2 Å². The van der Waals surface area contributed by atoms with Crippen LogP contribution in [0.25, 0.3) is 10.9 Å². The highest BCUT2D eigenvalue weighted by Crippen LogP contribution is 2.29. The molecule has 6 heteroatoms. The van der Waals surface area contributed by atoms with E-state index < -0.39 is 0 Å². The van der Waals surface area contributed by atoms with Gasteiger partial charge in [-0.15, -0.1) is 0 Å². The second kappa shape index (κ2) is 5.03. The average molecular weight is 272 g/mol. The van der Waals surface area contributed by atoms with Crippen LogP contribution in [0.3, 0.4) is 0 Å². The van der Waals surface area contributed by atoms with Crippen LogP contribution in [0.5, 0.6) is 0 Å². The number of piperidine rings is 1. The molecule has 1 aromatic heterocycles. The lowest BCUT2D eigenvalue weighted by atomic mass is 10.00. The van der Waals surface area contributed by atoms with Crippen molar-refractivity contribution in [1.29, 1.82) is 0 Å². The van der Waals surface area contributed by atoms with Crippen LogP contribution in [-0.2, 0) is 0 Å². The Morgan fingerprint density at radius 3 is 3.00 bits per heavy atom. The van der Waals surface area contributed by atoms with Crippen LogP contribution in [0.15, 0.2) is 24.5 Å². The molecule has 3 rings (SSSR count). The van der Waals surface area contributed by atoms with E-state index in [2.05, 4.69) is 21.8 Å². The van der Waals surface area contributed by atoms with E-state index in [9.17, 15) is 10.1 Å². The zero-order valence-corrected chi connectivity index (χ0v) is 11.3. The van der Waals surface area contributed by atoms with E-state index in [-0.39, 0.29) is 10.6 Å². The maximum Gasteiger partial charge on any atom is 0.270 e. The van der Waals surface area contributed by atoms with E-state index in [1.807, 2.05) is 0 Å². The van der Waals surface area contributed by atoms with E-state index in [4.69, 9.17) is 0 Å². The van der Waals surface area contributed by atoms with E-state index in [1.165, 1.54) is 18.8 Å². The lowest BCUT2D eigenvalue weighted by molar-refractivity contribution is -0.384. The number of benzene rings is 1. The molecular formula is C14H16N4O2. The SMILES string of the molecule is CC1CCCN(c2ncnc3ccc([N+](=O)[O-])cc23)C1. The van der Waals surface area contributed by atoms with Gasteiger partial charge in [0.2, 0.25) is 0 Å². The van der Waals surface area contributed by atoms with Gasteiger partial charge in [0, 0.05) is 30.6 Å². The van der Waals surface area contributed by atoms with Crippen LogP contribution >= 0.6 is 0 Å². The van der Waals surface area contributed by atoms with Crippen LogP contribution in [0.2, 0.25) is 0 Å². The lowest BCUT2D eigenvalue weighted by Crippen LogP contribution is -2.34. The number of nitrogens with zero attached hydrogens (tertiary/aromatic N) is 4. The van der Waals surface area contributed by atoms with E-state index >= 15 is 0 Å². The van der Waals surface area contributed by atoms with Gasteiger partial charge in [-0.25, -0.2) is 9.97 Å². The Hall–Kier alpha value is -2.24. The summed E-state index contributed by atoms with van der Waals surface area (Å²) in [6, 6.07) is 4.74. The van der Waals surface area contributed by atoms with Crippen molar-refractivity contribution in [3.63, 3.8) is 0 Å². The van der Waals surface area contributed by atoms with Gasteiger partial charge in [0.15, 0.2) is 0 Å². The van der Waals surface area contributed by atoms with Gasteiger partial charge in [0.05, 0.1) is 10.4 Å². The Kier molecular flexibility index (Phi) is 3.22. The molecule has 6 nitrogen and oxygen atoms in total. The molecule has 2 heterocycles. The first kappa shape index (κ1) is 12.8. The van der Waals surface area contributed by atoms with Crippen molar-refractivity contribution < 1.29 is 4.92 Å². The zero-order valence-electron chi connectivity index (χ0n) is 11.3. The molecule has 1 saturated heterocycles. The second-order valence-corrected chi connectivity index (χ2v) is 5.35. The van der Waals surface area contributed by atoms with Gasteiger partial charge in [0.1, 0.15) is 12.1 Å². The Labute approximate surface area is 116 Å². The first-order chi connectivity index (χ1) is 9.65. The summed E-state index contributed by atoms with van der Waals surface area (Å²) in [6.07, 6.45) is 3.88. The first-order valence-electron chi connectivity index (χ1n) is 6.79. The maximum absolute atomic E-state index is 10.9. The number of hydrogen-bond acceptors (Lipinski definition) is 5. The minimum atomic E-state index is -0.380. The van der Waals surface area contributed by atoms with E-state index in [0.29, 0.717) is 5.92 Å². The Balaban J connectivity index is 2.09. The van der Waals surface area contributed by atoms with Crippen molar-refractivity contribution in [2.45, 2.75) is 19.8 Å². The Morgan fingerprint density at radius 2 is 2.25 bits per heavy atom. The van der Waals surface area contributed by atoms with Crippen molar-refractivity contribution >= 4 is 22.4 Å². The van der Waals surface area contributed by atoms with Gasteiger partial charge >= 0.3 is 0 Å². The standard InChI is InChI=1S/C14H16N4O2/c1-10-3-2-6-17(8-10)14-12-7-11(18(19)20)4-5-13(12)15-9-16-14/h4-5,7,9-10H,2-3,6,8H2,1H3. The summed E-state index contributed by atoms with van der Waals surface area (Å²) in [5.74, 6) is 1.43. The van der Waals surface area contributed by atoms with Crippen LogP contribution < -0.4 is 4.90 Å². The number of nitro groups is 1. The van der Waals surface area contributed by atoms with Gasteiger partial charge in [-0.3, -0.25) is 10.1 Å². The fourth-order valence-corrected chi connectivity index (χ4v) is 2.78. The average Bonchev–Trinajstić information content (AvgIpc) is 2.46. The highest BCUT2D eigenvalue weighted by atomic mass is 16.6. The minimum Gasteiger partial charge on any atom is -0.356 e. The Morgan fingerprint density at radius 1 is 1.40 bits per heavy atom. The molecule has 0 saturated carbocycles. The van der Waals surface area contributed by atoms with Crippen LogP contribution in [0.1, 0.15) is 19.8 Å². The molecule has 0 aliphatic carbocycles. The fourth-order valence-electron chi connectivity index (χ4n) is 2.78. The molecule has 20 heavy (non-hydrogen) atoms. The minimum absolute atomic E-state index is 0.0820. The summed E-state index contributed by atoms with van der Waals surface area (Å²) in [4.78, 5) is 21.3. The third-order valence-electron chi connectivity index (χ3n) is 3.77. The number of non-ortho nitro benzene ring substituents is 1. The predicted octanol–water partition coefficient (Wildman–Crippen LogP) is 2.77. The highest BCUT2D eigenvalue weighted by Gasteiger charge is 2.20. The molecule has 0 radical (unpaired) electrons. The Bertz CT molecular complexity index is 659. The molecular weight excluding hydrogens is 256 g/mol. The quantitative estimate of drug-likeness (QED) is 0.621. The largest absolute Gasteiger partial charge is 0.356 e. The molecule has 1 aliphatic heterocycles. The molecule has 2 aromatic rings. The summed E-state index contributed by atoms with van der Waals surface area (Å²) < 4.78 is 0. The molecule has 0 spiro atoms. The monoisotopic (exact) mass is 272 g/mol. The van der Waals surface area contributed by atoms with Crippen LogP contribution in [0.4, 0.5) is 11.5 Å². The van der Waals surface area contributed by atoms with Crippen molar-refractivity contribution in [3.8, 4) is 0 Å². The summed E-state index contributed by atoms with van der Waals surface area (Å²) in [6.45, 7) is 4.10. The number of nitro benzene ring substituents is 1. The first-order valence-corrected chi connectivity index (χ1v) is 6.79. The van der Waals surface area contributed by atoms with Crippen molar-refractivity contribution in [2.75, 3.05) is 18.0 Å². The van der Waals surface area contributed by atoms with E-state index in [1.54, 1.807) is 12.1 Å². The van der Waals surface area contributed by atoms with Crippen molar-refractivity contribution in [1.82, 2.24) is 9.97 Å². The highest BCUT2D eigenvalue weighted by molar-refractivity contribution is 5.91. The molecule has 0 amide bonds. The molecule has 1 unspecified atom stereocenters. The molecule has 104 valence electrons. The molecule has 1 aliphatic rings. The third-order valence-corrected chi connectivity index (χ3v) is 3.77. The van der Waals surface area contributed by atoms with Crippen molar-refractivity contribution in [2.24, 2.45) is 5.92 Å². The molecule has 0 bridgehead atoms. The lowest BCUT2D eigenvalue weighted by Gasteiger charge is -2.32. The van der Waals surface area contributed by atoms with Crippen molar-refractivity contribution in [3.05, 3.63) is 34.6 Å². The number of hydrogen-bond donors (Lipinski definition) is 0. The van der Waals surface area contributed by atoms with Crippen LogP contribution in [0, 0.1) is 16.0 Å². The summed E-state index contributed by atoms with van der Waals surface area (Å²) in [7, 11) is 0. The molecule has 1 fully saturated rings. The normalized spacial score (nSPS) is 19.2. The number of fused-ring (bicyclic) bond motifs is 1. The molecule has 0 N–H and O–H groups in total. The predicted molar refractivity (Wildman–Crippen MR) is 76.8 cm³/mol. The fraction of sp³-hybridized carbons (Fsp3) is 0.429. The van der Waals surface area contributed by atoms with Crippen LogP contribution in [-0.4, -0.2) is 28.0 Å². The zero-order chi connectivity index (χ0) is 14.1. The molecule has 1 atom stereocenters. The smallest absolute Gasteiger partial charge is 0.270 e. The van der Waals surface area contributed by atoms with Gasteiger partial charge in [0.25, 0.3) is 5.69 Å². The second-order valence-electron chi connectivity index (χ2n) is 5.35. The summed E-state index contributed by atoms with van der Waals surface area (Å²) >= 11 is 0. The third kappa shape index (κ3) is 2.29. The molecule has 1 aromatic carbocycles. The number of anilines is 1. The summed E-state index contributed by atoms with van der Waals surface area (Å²) in [5.41, 5.74) is 0.831.